The summed E-state index contributed by atoms with van der Waals surface area (Å²) in [5.74, 6) is -0.347. The van der Waals surface area contributed by atoms with E-state index in [1.54, 1.807) is 19.1 Å². The molecule has 0 radical (unpaired) electrons. The summed E-state index contributed by atoms with van der Waals surface area (Å²) in [4.78, 5) is 10.7. The first-order valence-electron chi connectivity index (χ1n) is 4.86. The van der Waals surface area contributed by atoms with Gasteiger partial charge in [0.1, 0.15) is 24.4 Å². The van der Waals surface area contributed by atoms with Crippen LogP contribution < -0.4 is 0 Å². The molecule has 0 aromatic carbocycles. The van der Waals surface area contributed by atoms with Crippen molar-refractivity contribution in [2.24, 2.45) is 0 Å². The molecule has 0 saturated heterocycles. The summed E-state index contributed by atoms with van der Waals surface area (Å²) in [7, 11) is 0. The monoisotopic (exact) mass is 212 g/mol. The summed E-state index contributed by atoms with van der Waals surface area (Å²) >= 11 is 0. The fraction of sp³-hybridized carbons (Fsp3) is 0.545. The van der Waals surface area contributed by atoms with Crippen LogP contribution in [-0.2, 0) is 14.3 Å². The lowest BCUT2D eigenvalue weighted by atomic mass is 10.1. The third-order valence-electron chi connectivity index (χ3n) is 2.20. The highest BCUT2D eigenvalue weighted by molar-refractivity contribution is 5.66. The van der Waals surface area contributed by atoms with Gasteiger partial charge in [-0.25, -0.2) is 0 Å². The molecule has 0 amide bonds. The second-order valence-electron chi connectivity index (χ2n) is 3.49. The molecule has 0 aromatic heterocycles. The van der Waals surface area contributed by atoms with Gasteiger partial charge in [0, 0.05) is 6.92 Å². The van der Waals surface area contributed by atoms with Gasteiger partial charge in [-0.1, -0.05) is 18.2 Å². The molecule has 1 aliphatic rings. The predicted molar refractivity (Wildman–Crippen MR) is 55.2 cm³/mol. The molecule has 0 aliphatic carbocycles. The molecule has 0 unspecified atom stereocenters. The molecule has 1 N–H and O–H groups in total. The first-order chi connectivity index (χ1) is 7.04. The highest BCUT2D eigenvalue weighted by atomic mass is 16.6. The minimum absolute atomic E-state index is 0.333. The lowest BCUT2D eigenvalue weighted by Crippen LogP contribution is -2.39. The normalized spacial score (nSPS) is 32.1. The third kappa shape index (κ3) is 3.18. The first kappa shape index (κ1) is 11.9. The Morgan fingerprint density at radius 3 is 2.87 bits per heavy atom. The van der Waals surface area contributed by atoms with Crippen LogP contribution in [0, 0.1) is 0 Å². The Labute approximate surface area is 89.2 Å². The van der Waals surface area contributed by atoms with Crippen molar-refractivity contribution < 1.29 is 19.4 Å². The minimum atomic E-state index is -0.678. The van der Waals surface area contributed by atoms with E-state index < -0.39 is 12.2 Å². The van der Waals surface area contributed by atoms with E-state index in [0.29, 0.717) is 0 Å². The quantitative estimate of drug-likeness (QED) is 0.555. The number of esters is 1. The highest BCUT2D eigenvalue weighted by Crippen LogP contribution is 2.17. The molecule has 0 bridgehead atoms. The Bertz CT molecular complexity index is 272. The van der Waals surface area contributed by atoms with Gasteiger partial charge >= 0.3 is 5.97 Å². The Morgan fingerprint density at radius 1 is 1.67 bits per heavy atom. The largest absolute Gasteiger partial charge is 0.460 e. The van der Waals surface area contributed by atoms with E-state index in [-0.39, 0.29) is 18.2 Å². The van der Waals surface area contributed by atoms with Crippen molar-refractivity contribution >= 4 is 5.97 Å². The molecule has 4 heteroatoms. The second kappa shape index (κ2) is 5.09. The van der Waals surface area contributed by atoms with Crippen molar-refractivity contribution in [3.63, 3.8) is 0 Å². The molecule has 1 aliphatic heterocycles. The zero-order valence-corrected chi connectivity index (χ0v) is 8.92. The number of hydrogen-bond donors (Lipinski definition) is 1. The number of aliphatic hydroxyl groups is 1. The summed E-state index contributed by atoms with van der Waals surface area (Å²) in [5, 5.41) is 9.46. The molecule has 15 heavy (non-hydrogen) atoms. The number of carbonyl (C=O) groups excluding carboxylic acids is 1. The SMILES string of the molecule is C=C[C@H]1O[C@H]([C@@H](C)OC(C)=O)C=C[C@H]1O. The van der Waals surface area contributed by atoms with E-state index in [1.807, 2.05) is 0 Å². The van der Waals surface area contributed by atoms with Crippen molar-refractivity contribution in [1.29, 1.82) is 0 Å². The van der Waals surface area contributed by atoms with Gasteiger partial charge in [0.25, 0.3) is 0 Å². The lowest BCUT2D eigenvalue weighted by molar-refractivity contribution is -0.154. The third-order valence-corrected chi connectivity index (χ3v) is 2.20. The lowest BCUT2D eigenvalue weighted by Gasteiger charge is -2.30. The van der Waals surface area contributed by atoms with Gasteiger partial charge in [-0.15, -0.1) is 6.58 Å². The van der Waals surface area contributed by atoms with Crippen LogP contribution in [0.5, 0.6) is 0 Å². The van der Waals surface area contributed by atoms with Gasteiger partial charge in [0.05, 0.1) is 0 Å². The van der Waals surface area contributed by atoms with E-state index in [4.69, 9.17) is 9.47 Å². The van der Waals surface area contributed by atoms with Crippen molar-refractivity contribution in [3.05, 3.63) is 24.8 Å². The number of ether oxygens (including phenoxy) is 2. The van der Waals surface area contributed by atoms with Crippen molar-refractivity contribution in [2.45, 2.75) is 38.3 Å². The van der Waals surface area contributed by atoms with Crippen LogP contribution in [0.4, 0.5) is 0 Å². The van der Waals surface area contributed by atoms with Crippen molar-refractivity contribution in [2.75, 3.05) is 0 Å². The van der Waals surface area contributed by atoms with Crippen LogP contribution >= 0.6 is 0 Å². The molecule has 0 fully saturated rings. The van der Waals surface area contributed by atoms with E-state index >= 15 is 0 Å². The summed E-state index contributed by atoms with van der Waals surface area (Å²) in [6.45, 7) is 6.66. The summed E-state index contributed by atoms with van der Waals surface area (Å²) in [6.07, 6.45) is 3.02. The fourth-order valence-corrected chi connectivity index (χ4v) is 1.43. The number of carbonyl (C=O) groups is 1. The van der Waals surface area contributed by atoms with Gasteiger partial charge in [-0.3, -0.25) is 4.79 Å². The predicted octanol–water partition coefficient (Wildman–Crippen LogP) is 0.808. The Hall–Kier alpha value is -1.13. The fourth-order valence-electron chi connectivity index (χ4n) is 1.43. The zero-order valence-electron chi connectivity index (χ0n) is 8.92. The number of aliphatic hydroxyl groups excluding tert-OH is 1. The van der Waals surface area contributed by atoms with E-state index in [2.05, 4.69) is 6.58 Å². The Balaban J connectivity index is 2.61. The Kier molecular flexibility index (Phi) is 4.05. The maximum absolute atomic E-state index is 10.7. The van der Waals surface area contributed by atoms with Gasteiger partial charge < -0.3 is 14.6 Å². The topological polar surface area (TPSA) is 55.8 Å². The maximum Gasteiger partial charge on any atom is 0.302 e. The van der Waals surface area contributed by atoms with E-state index in [0.717, 1.165) is 0 Å². The number of rotatable bonds is 3. The molecule has 0 spiro atoms. The summed E-state index contributed by atoms with van der Waals surface area (Å²) < 4.78 is 10.5. The molecule has 84 valence electrons. The Morgan fingerprint density at radius 2 is 2.33 bits per heavy atom. The van der Waals surface area contributed by atoms with Crippen LogP contribution in [0.25, 0.3) is 0 Å². The molecule has 0 saturated carbocycles. The molecule has 4 nitrogen and oxygen atoms in total. The van der Waals surface area contributed by atoms with Crippen LogP contribution in [0.2, 0.25) is 0 Å². The van der Waals surface area contributed by atoms with Gasteiger partial charge in [-0.05, 0) is 6.92 Å². The summed E-state index contributed by atoms with van der Waals surface area (Å²) in [5.41, 5.74) is 0. The van der Waals surface area contributed by atoms with Crippen LogP contribution in [0.1, 0.15) is 13.8 Å². The van der Waals surface area contributed by atoms with Crippen LogP contribution in [0.3, 0.4) is 0 Å². The standard InChI is InChI=1S/C11H16O4/c1-4-10-9(13)5-6-11(15-10)7(2)14-8(3)12/h4-7,9-11,13H,1H2,2-3H3/t7-,9-,10-,11+/m1/s1. The van der Waals surface area contributed by atoms with Crippen LogP contribution in [0.15, 0.2) is 24.8 Å². The molecule has 1 heterocycles. The molecular formula is C11H16O4. The molecule has 4 atom stereocenters. The molecule has 0 aromatic rings. The summed E-state index contributed by atoms with van der Waals surface area (Å²) in [6, 6.07) is 0. The zero-order chi connectivity index (χ0) is 11.4. The molecule has 1 rings (SSSR count). The van der Waals surface area contributed by atoms with Crippen molar-refractivity contribution in [3.8, 4) is 0 Å². The average Bonchev–Trinajstić information content (AvgIpc) is 2.17. The smallest absolute Gasteiger partial charge is 0.302 e. The number of hydrogen-bond acceptors (Lipinski definition) is 4. The van der Waals surface area contributed by atoms with Crippen LogP contribution in [-0.4, -0.2) is 35.5 Å². The van der Waals surface area contributed by atoms with E-state index in [1.165, 1.54) is 13.0 Å². The van der Waals surface area contributed by atoms with Gasteiger partial charge in [-0.2, -0.15) is 0 Å². The average molecular weight is 212 g/mol. The van der Waals surface area contributed by atoms with E-state index in [9.17, 15) is 9.90 Å². The minimum Gasteiger partial charge on any atom is -0.460 e. The van der Waals surface area contributed by atoms with Crippen molar-refractivity contribution in [1.82, 2.24) is 0 Å². The highest BCUT2D eigenvalue weighted by Gasteiger charge is 2.27. The second-order valence-corrected chi connectivity index (χ2v) is 3.49. The maximum atomic E-state index is 10.7. The first-order valence-corrected chi connectivity index (χ1v) is 4.86. The molecular weight excluding hydrogens is 196 g/mol. The van der Waals surface area contributed by atoms with Gasteiger partial charge in [0.2, 0.25) is 0 Å². The van der Waals surface area contributed by atoms with Gasteiger partial charge in [0.15, 0.2) is 0 Å².